The molecule has 0 bridgehead atoms. The van der Waals surface area contributed by atoms with E-state index < -0.39 is 0 Å². The summed E-state index contributed by atoms with van der Waals surface area (Å²) in [6.07, 6.45) is 5.17. The van der Waals surface area contributed by atoms with Crippen molar-refractivity contribution in [3.63, 3.8) is 0 Å². The van der Waals surface area contributed by atoms with Gasteiger partial charge in [-0.1, -0.05) is 17.7 Å². The molecule has 1 aliphatic heterocycles. The minimum absolute atomic E-state index is 0.0148. The summed E-state index contributed by atoms with van der Waals surface area (Å²) in [4.78, 5) is 28.0. The van der Waals surface area contributed by atoms with Crippen LogP contribution in [-0.4, -0.2) is 63.4 Å². The van der Waals surface area contributed by atoms with Crippen LogP contribution < -0.4 is 15.4 Å². The SMILES string of the molecule is COc1cc(C(=O)N2CCNCC2)ccc1Nc1ncc(Cl)c(-c2cnc3ccccn23)n1. The third-order valence-electron chi connectivity index (χ3n) is 5.50. The lowest BCUT2D eigenvalue weighted by molar-refractivity contribution is 0.0735. The number of hydrogen-bond donors (Lipinski definition) is 2. The summed E-state index contributed by atoms with van der Waals surface area (Å²) in [7, 11) is 1.56. The quantitative estimate of drug-likeness (QED) is 0.469. The Morgan fingerprint density at radius 3 is 2.82 bits per heavy atom. The molecule has 3 aromatic heterocycles. The van der Waals surface area contributed by atoms with Crippen molar-refractivity contribution in [1.82, 2.24) is 29.6 Å². The van der Waals surface area contributed by atoms with Crippen molar-refractivity contribution in [3.8, 4) is 17.1 Å². The van der Waals surface area contributed by atoms with Crippen LogP contribution in [0.15, 0.2) is 55.0 Å². The molecule has 168 valence electrons. The molecule has 0 atom stereocenters. The molecule has 0 spiro atoms. The second-order valence-electron chi connectivity index (χ2n) is 7.54. The van der Waals surface area contributed by atoms with Crippen LogP contribution in [0.1, 0.15) is 10.4 Å². The fourth-order valence-electron chi connectivity index (χ4n) is 3.81. The predicted molar refractivity (Wildman–Crippen MR) is 126 cm³/mol. The number of imidazole rings is 1. The Bertz CT molecular complexity index is 1320. The number of ether oxygens (including phenoxy) is 1. The van der Waals surface area contributed by atoms with Crippen molar-refractivity contribution in [3.05, 3.63) is 65.6 Å². The van der Waals surface area contributed by atoms with Gasteiger partial charge in [0, 0.05) is 37.9 Å². The van der Waals surface area contributed by atoms with Crippen molar-refractivity contribution in [2.75, 3.05) is 38.6 Å². The Morgan fingerprint density at radius 2 is 2.00 bits per heavy atom. The lowest BCUT2D eigenvalue weighted by atomic mass is 10.1. The molecular weight excluding hydrogens is 442 g/mol. The molecule has 4 heterocycles. The Kier molecular flexibility index (Phi) is 5.80. The van der Waals surface area contributed by atoms with E-state index in [4.69, 9.17) is 16.3 Å². The second-order valence-corrected chi connectivity index (χ2v) is 7.95. The molecular formula is C23H22ClN7O2. The summed E-state index contributed by atoms with van der Waals surface area (Å²) < 4.78 is 7.45. The summed E-state index contributed by atoms with van der Waals surface area (Å²) >= 11 is 6.41. The highest BCUT2D eigenvalue weighted by Gasteiger charge is 2.20. The van der Waals surface area contributed by atoms with Crippen LogP contribution >= 0.6 is 11.6 Å². The number of halogens is 1. The zero-order valence-electron chi connectivity index (χ0n) is 18.0. The first-order chi connectivity index (χ1) is 16.1. The minimum Gasteiger partial charge on any atom is -0.495 e. The molecule has 1 aliphatic rings. The number of nitrogens with zero attached hydrogens (tertiary/aromatic N) is 5. The number of carbonyl (C=O) groups excluding carboxylic acids is 1. The van der Waals surface area contributed by atoms with Crippen LogP contribution in [-0.2, 0) is 0 Å². The van der Waals surface area contributed by atoms with Gasteiger partial charge in [0.15, 0.2) is 0 Å². The van der Waals surface area contributed by atoms with Crippen molar-refractivity contribution in [2.24, 2.45) is 0 Å². The molecule has 0 aliphatic carbocycles. The van der Waals surface area contributed by atoms with Gasteiger partial charge in [-0.2, -0.15) is 0 Å². The van der Waals surface area contributed by atoms with Gasteiger partial charge in [0.25, 0.3) is 5.91 Å². The highest BCUT2D eigenvalue weighted by Crippen LogP contribution is 2.31. The molecule has 1 amide bonds. The molecule has 4 aromatic rings. The number of amides is 1. The molecule has 10 heteroatoms. The van der Waals surface area contributed by atoms with Crippen LogP contribution in [0.4, 0.5) is 11.6 Å². The fraction of sp³-hybridized carbons (Fsp3) is 0.217. The number of aromatic nitrogens is 4. The van der Waals surface area contributed by atoms with Gasteiger partial charge < -0.3 is 20.3 Å². The molecule has 33 heavy (non-hydrogen) atoms. The first-order valence-corrected chi connectivity index (χ1v) is 10.9. The highest BCUT2D eigenvalue weighted by atomic mass is 35.5. The second kappa shape index (κ2) is 9.05. The van der Waals surface area contributed by atoms with E-state index in [0.717, 1.165) is 24.4 Å². The van der Waals surface area contributed by atoms with Gasteiger partial charge in [0.05, 0.1) is 35.9 Å². The predicted octanol–water partition coefficient (Wildman–Crippen LogP) is 3.24. The van der Waals surface area contributed by atoms with E-state index in [1.165, 1.54) is 0 Å². The summed E-state index contributed by atoms with van der Waals surface area (Å²) in [6, 6.07) is 11.0. The average molecular weight is 464 g/mol. The van der Waals surface area contributed by atoms with Gasteiger partial charge in [-0.25, -0.2) is 15.0 Å². The van der Waals surface area contributed by atoms with E-state index >= 15 is 0 Å². The first kappa shape index (κ1) is 21.2. The number of anilines is 2. The van der Waals surface area contributed by atoms with Gasteiger partial charge in [0.2, 0.25) is 5.95 Å². The number of benzene rings is 1. The third kappa shape index (κ3) is 4.20. The lowest BCUT2D eigenvalue weighted by Crippen LogP contribution is -2.46. The van der Waals surface area contributed by atoms with Gasteiger partial charge in [-0.3, -0.25) is 9.20 Å². The Labute approximate surface area is 195 Å². The molecule has 1 fully saturated rings. The number of hydrogen-bond acceptors (Lipinski definition) is 7. The average Bonchev–Trinajstić information content (AvgIpc) is 3.29. The zero-order valence-corrected chi connectivity index (χ0v) is 18.7. The van der Waals surface area contributed by atoms with E-state index in [9.17, 15) is 4.79 Å². The highest BCUT2D eigenvalue weighted by molar-refractivity contribution is 6.32. The maximum atomic E-state index is 12.8. The Balaban J connectivity index is 1.43. The molecule has 5 rings (SSSR count). The first-order valence-electron chi connectivity index (χ1n) is 10.5. The van der Waals surface area contributed by atoms with E-state index in [1.807, 2.05) is 33.7 Å². The van der Waals surface area contributed by atoms with Gasteiger partial charge >= 0.3 is 0 Å². The maximum Gasteiger partial charge on any atom is 0.254 e. The zero-order chi connectivity index (χ0) is 22.8. The lowest BCUT2D eigenvalue weighted by Gasteiger charge is -2.27. The summed E-state index contributed by atoms with van der Waals surface area (Å²) in [5.41, 5.74) is 3.31. The largest absolute Gasteiger partial charge is 0.495 e. The molecule has 0 saturated carbocycles. The van der Waals surface area contributed by atoms with Crippen LogP contribution in [0.25, 0.3) is 17.0 Å². The molecule has 0 radical (unpaired) electrons. The van der Waals surface area contributed by atoms with Crippen molar-refractivity contribution in [1.29, 1.82) is 0 Å². The molecule has 2 N–H and O–H groups in total. The van der Waals surface area contributed by atoms with E-state index in [1.54, 1.807) is 37.7 Å². The topological polar surface area (TPSA) is 96.7 Å². The molecule has 9 nitrogen and oxygen atoms in total. The minimum atomic E-state index is -0.0148. The summed E-state index contributed by atoms with van der Waals surface area (Å²) in [5, 5.41) is 6.84. The van der Waals surface area contributed by atoms with E-state index in [2.05, 4.69) is 25.6 Å². The third-order valence-corrected chi connectivity index (χ3v) is 5.78. The van der Waals surface area contributed by atoms with Gasteiger partial charge in [0.1, 0.15) is 17.1 Å². The van der Waals surface area contributed by atoms with Crippen molar-refractivity contribution in [2.45, 2.75) is 0 Å². The molecule has 1 saturated heterocycles. The summed E-state index contributed by atoms with van der Waals surface area (Å²) in [6.45, 7) is 2.97. The monoisotopic (exact) mass is 463 g/mol. The van der Waals surface area contributed by atoms with Crippen LogP contribution in [0, 0.1) is 0 Å². The normalized spacial score (nSPS) is 13.8. The number of rotatable bonds is 5. The smallest absolute Gasteiger partial charge is 0.254 e. The number of methoxy groups -OCH3 is 1. The fourth-order valence-corrected chi connectivity index (χ4v) is 4.00. The molecule has 0 unspecified atom stereocenters. The van der Waals surface area contributed by atoms with Crippen molar-refractivity contribution >= 4 is 34.8 Å². The van der Waals surface area contributed by atoms with Crippen molar-refractivity contribution < 1.29 is 9.53 Å². The number of carbonyl (C=O) groups is 1. The number of nitrogens with one attached hydrogen (secondary N) is 2. The number of piperazine rings is 1. The molecule has 1 aromatic carbocycles. The standard InChI is InChI=1S/C23H22ClN7O2/c1-33-19-12-15(22(32)30-10-7-25-8-11-30)5-6-17(19)28-23-27-13-16(24)21(29-23)18-14-26-20-4-2-3-9-31(18)20/h2-6,9,12-14,25H,7-8,10-11H2,1H3,(H,27,28,29). The summed E-state index contributed by atoms with van der Waals surface area (Å²) in [5.74, 6) is 0.852. The number of fused-ring (bicyclic) bond motifs is 1. The van der Waals surface area contributed by atoms with Crippen LogP contribution in [0.5, 0.6) is 5.75 Å². The van der Waals surface area contributed by atoms with Gasteiger partial charge in [-0.05, 0) is 30.3 Å². The number of pyridine rings is 1. The van der Waals surface area contributed by atoms with Gasteiger partial charge in [-0.15, -0.1) is 0 Å². The van der Waals surface area contributed by atoms with E-state index in [0.29, 0.717) is 46.8 Å². The Morgan fingerprint density at radius 1 is 1.15 bits per heavy atom. The van der Waals surface area contributed by atoms with Crippen LogP contribution in [0.2, 0.25) is 5.02 Å². The van der Waals surface area contributed by atoms with Crippen LogP contribution in [0.3, 0.4) is 0 Å². The Hall–Kier alpha value is -3.69. The van der Waals surface area contributed by atoms with E-state index in [-0.39, 0.29) is 5.91 Å². The maximum absolute atomic E-state index is 12.8.